The molecule has 2 aliphatic heterocycles. The third kappa shape index (κ3) is 5.30. The second-order valence-corrected chi connectivity index (χ2v) is 13.0. The number of nitrogens with zero attached hydrogens (tertiary/aromatic N) is 4. The molecule has 11 heteroatoms. The number of piperazine rings is 1. The summed E-state index contributed by atoms with van der Waals surface area (Å²) in [6, 6.07) is 13.7. The van der Waals surface area contributed by atoms with Gasteiger partial charge in [-0.05, 0) is 37.6 Å². The van der Waals surface area contributed by atoms with E-state index in [9.17, 15) is 9.67 Å². The Balaban J connectivity index is 1.33. The van der Waals surface area contributed by atoms with E-state index >= 15 is 0 Å². The Kier molecular flexibility index (Phi) is 7.08. The van der Waals surface area contributed by atoms with Gasteiger partial charge in [-0.25, -0.2) is 4.98 Å². The molecule has 1 fully saturated rings. The lowest BCUT2D eigenvalue weighted by atomic mass is 10.1. The predicted molar refractivity (Wildman–Crippen MR) is 146 cm³/mol. The van der Waals surface area contributed by atoms with E-state index in [1.54, 1.807) is 13.3 Å². The van der Waals surface area contributed by atoms with Gasteiger partial charge in [-0.15, -0.1) is 0 Å². The summed E-state index contributed by atoms with van der Waals surface area (Å²) >= 11 is 6.38. The third-order valence-corrected chi connectivity index (χ3v) is 8.25. The number of halogens is 1. The maximum Gasteiger partial charge on any atom is 0.229 e. The van der Waals surface area contributed by atoms with E-state index in [2.05, 4.69) is 36.5 Å². The Morgan fingerprint density at radius 3 is 2.83 bits per heavy atom. The molecule has 2 aromatic carbocycles. The number of ether oxygens (including phenoxy) is 1. The van der Waals surface area contributed by atoms with Crippen LogP contribution in [0.2, 0.25) is 5.02 Å². The first-order valence-corrected chi connectivity index (χ1v) is 14.9. The zero-order chi connectivity index (χ0) is 25.3. The maximum atomic E-state index is 12.7. The van der Waals surface area contributed by atoms with Gasteiger partial charge in [0.05, 0.1) is 30.2 Å². The van der Waals surface area contributed by atoms with Crippen LogP contribution in [0.5, 0.6) is 5.75 Å². The molecule has 9 nitrogen and oxygen atoms in total. The first-order valence-electron chi connectivity index (χ1n) is 11.9. The van der Waals surface area contributed by atoms with Crippen molar-refractivity contribution in [3.05, 3.63) is 53.7 Å². The first-order chi connectivity index (χ1) is 17.3. The van der Waals surface area contributed by atoms with Gasteiger partial charge in [-0.1, -0.05) is 23.7 Å². The van der Waals surface area contributed by atoms with Crippen molar-refractivity contribution in [2.24, 2.45) is 0 Å². The van der Waals surface area contributed by atoms with Crippen LogP contribution in [0.1, 0.15) is 0 Å². The molecule has 1 saturated heterocycles. The average molecular weight is 529 g/mol. The Labute approximate surface area is 215 Å². The van der Waals surface area contributed by atoms with Crippen LogP contribution in [0, 0.1) is 0 Å². The van der Waals surface area contributed by atoms with Crippen molar-refractivity contribution in [2.75, 3.05) is 68.3 Å². The van der Waals surface area contributed by atoms with Crippen molar-refractivity contribution in [2.45, 2.75) is 6.04 Å². The number of hydrogen-bond donors (Lipinski definition) is 3. The van der Waals surface area contributed by atoms with Crippen LogP contribution in [0.3, 0.4) is 0 Å². The topological polar surface area (TPSA) is 103 Å². The van der Waals surface area contributed by atoms with E-state index in [0.717, 1.165) is 42.1 Å². The number of rotatable bonds is 7. The molecule has 3 aromatic rings. The lowest BCUT2D eigenvalue weighted by molar-refractivity contribution is 0.141. The monoisotopic (exact) mass is 528 g/mol. The molecule has 1 aromatic heterocycles. The lowest BCUT2D eigenvalue weighted by Gasteiger charge is -2.45. The minimum atomic E-state index is -2.50. The molecule has 190 valence electrons. The number of fused-ring (bicyclic) bond motifs is 3. The van der Waals surface area contributed by atoms with Gasteiger partial charge in [-0.2, -0.15) is 4.98 Å². The molecule has 0 unspecified atom stereocenters. The van der Waals surface area contributed by atoms with Crippen molar-refractivity contribution >= 4 is 52.9 Å². The number of anilines is 5. The van der Waals surface area contributed by atoms with Crippen molar-refractivity contribution < 1.29 is 14.4 Å². The van der Waals surface area contributed by atoms with Crippen molar-refractivity contribution in [3.63, 3.8) is 0 Å². The second kappa shape index (κ2) is 10.3. The molecule has 0 radical (unpaired) electrons. The fourth-order valence-corrected chi connectivity index (χ4v) is 5.97. The van der Waals surface area contributed by atoms with Gasteiger partial charge in [-0.3, -0.25) is 4.90 Å². The highest BCUT2D eigenvalue weighted by Crippen LogP contribution is 2.39. The number of benzene rings is 2. The zero-order valence-corrected chi connectivity index (χ0v) is 22.0. The molecule has 2 aliphatic rings. The molecular formula is C25H30ClN6O3P. The molecule has 0 aliphatic carbocycles. The highest BCUT2D eigenvalue weighted by Gasteiger charge is 2.32. The summed E-state index contributed by atoms with van der Waals surface area (Å²) in [5, 5.41) is 16.8. The van der Waals surface area contributed by atoms with E-state index in [4.69, 9.17) is 16.3 Å². The minimum Gasteiger partial charge on any atom is -0.489 e. The van der Waals surface area contributed by atoms with Gasteiger partial charge in [0, 0.05) is 43.2 Å². The summed E-state index contributed by atoms with van der Waals surface area (Å²) in [5.74, 6) is 1.62. The largest absolute Gasteiger partial charge is 0.489 e. The number of hydrogen-bond acceptors (Lipinski definition) is 9. The van der Waals surface area contributed by atoms with E-state index in [1.807, 2.05) is 36.4 Å². The molecule has 5 rings (SSSR count). The van der Waals surface area contributed by atoms with Gasteiger partial charge >= 0.3 is 0 Å². The van der Waals surface area contributed by atoms with E-state index < -0.39 is 7.14 Å². The standard InChI is InChI=1S/C25H30ClN6O3P/c1-36(2,34)23-6-4-3-5-20(23)29-24-19(26)14-27-25(30-24)28-17-7-8-21-22(13-17)35-16-18-15-31(11-12-33)9-10-32(18)21/h3-8,13-14,18,33H,9-12,15-16H2,1-2H3,(H2,27,28,29,30)/t18-/m0/s1. The number of β-amino-alcohol motifs (C(OH)–C–C–N with tert-alkyl or cyclic N) is 1. The lowest BCUT2D eigenvalue weighted by Crippen LogP contribution is -2.57. The first kappa shape index (κ1) is 24.8. The highest BCUT2D eigenvalue weighted by molar-refractivity contribution is 7.70. The zero-order valence-electron chi connectivity index (χ0n) is 20.3. The number of nitrogens with one attached hydrogen (secondary N) is 2. The summed E-state index contributed by atoms with van der Waals surface area (Å²) in [4.78, 5) is 13.5. The molecule has 0 saturated carbocycles. The van der Waals surface area contributed by atoms with Crippen molar-refractivity contribution in [1.82, 2.24) is 14.9 Å². The summed E-state index contributed by atoms with van der Waals surface area (Å²) in [6.45, 7) is 7.63. The molecule has 1 atom stereocenters. The number of aliphatic hydroxyl groups excluding tert-OH is 1. The smallest absolute Gasteiger partial charge is 0.229 e. The summed E-state index contributed by atoms with van der Waals surface area (Å²) in [7, 11) is -2.50. The third-order valence-electron chi connectivity index (χ3n) is 6.42. The SMILES string of the molecule is CP(C)(=O)c1ccccc1Nc1nc(Nc2ccc3c(c2)OC[C@@H]2CN(CCO)CCN32)ncc1Cl. The molecule has 3 N–H and O–H groups in total. The Hall–Kier alpha value is -2.84. The Morgan fingerprint density at radius 2 is 2.03 bits per heavy atom. The van der Waals surface area contributed by atoms with E-state index in [-0.39, 0.29) is 12.6 Å². The maximum absolute atomic E-state index is 12.7. The van der Waals surface area contributed by atoms with Gasteiger partial charge in [0.25, 0.3) is 0 Å². The van der Waals surface area contributed by atoms with Gasteiger partial charge in [0.1, 0.15) is 24.5 Å². The molecule has 0 spiro atoms. The molecular weight excluding hydrogens is 499 g/mol. The van der Waals surface area contributed by atoms with Crippen LogP contribution in [0.4, 0.5) is 28.8 Å². The Bertz CT molecular complexity index is 1300. The molecule has 36 heavy (non-hydrogen) atoms. The van der Waals surface area contributed by atoms with Crippen molar-refractivity contribution in [1.29, 1.82) is 0 Å². The van der Waals surface area contributed by atoms with Crippen LogP contribution in [-0.2, 0) is 4.57 Å². The van der Waals surface area contributed by atoms with Crippen LogP contribution in [-0.4, -0.2) is 78.7 Å². The van der Waals surface area contributed by atoms with Crippen molar-refractivity contribution in [3.8, 4) is 5.75 Å². The number of aliphatic hydroxyl groups is 1. The fraction of sp³-hybridized carbons (Fsp3) is 0.360. The number of aromatic nitrogens is 2. The molecule has 3 heterocycles. The van der Waals surface area contributed by atoms with Crippen LogP contribution in [0.15, 0.2) is 48.7 Å². The molecule has 0 amide bonds. The highest BCUT2D eigenvalue weighted by atomic mass is 35.5. The second-order valence-electron chi connectivity index (χ2n) is 9.37. The van der Waals surface area contributed by atoms with Gasteiger partial charge in [0.15, 0.2) is 5.82 Å². The minimum absolute atomic E-state index is 0.174. The molecule has 0 bridgehead atoms. The van der Waals surface area contributed by atoms with Crippen LogP contribution < -0.4 is 25.6 Å². The number of para-hydroxylation sites is 1. The van der Waals surface area contributed by atoms with Gasteiger partial charge in [0.2, 0.25) is 5.95 Å². The van der Waals surface area contributed by atoms with E-state index in [1.165, 1.54) is 6.20 Å². The summed E-state index contributed by atoms with van der Waals surface area (Å²) < 4.78 is 18.8. The predicted octanol–water partition coefficient (Wildman–Crippen LogP) is 3.74. The quantitative estimate of drug-likeness (QED) is 0.396. The average Bonchev–Trinajstić information content (AvgIpc) is 2.85. The summed E-state index contributed by atoms with van der Waals surface area (Å²) in [5.41, 5.74) is 2.57. The summed E-state index contributed by atoms with van der Waals surface area (Å²) in [6.07, 6.45) is 1.53. The van der Waals surface area contributed by atoms with Gasteiger partial charge < -0.3 is 29.9 Å². The van der Waals surface area contributed by atoms with Crippen LogP contribution >= 0.6 is 18.7 Å². The normalized spacial score (nSPS) is 17.7. The Morgan fingerprint density at radius 1 is 1.19 bits per heavy atom. The fourth-order valence-electron chi connectivity index (χ4n) is 4.68. The van der Waals surface area contributed by atoms with E-state index in [0.29, 0.717) is 35.6 Å². The van der Waals surface area contributed by atoms with Crippen LogP contribution in [0.25, 0.3) is 0 Å².